The van der Waals surface area contributed by atoms with Crippen LogP contribution in [-0.2, 0) is 17.8 Å². The van der Waals surface area contributed by atoms with Crippen molar-refractivity contribution >= 4 is 81.2 Å². The molecule has 228 valence electrons. The van der Waals surface area contributed by atoms with E-state index in [0.29, 0.717) is 19.2 Å². The summed E-state index contributed by atoms with van der Waals surface area (Å²) in [4.78, 5) is 0. The number of hydrogen-bond donors (Lipinski definition) is 2. The van der Waals surface area contributed by atoms with Crippen LogP contribution in [0.4, 0.5) is 5.69 Å². The maximum Gasteiger partial charge on any atom is 0.120 e. The van der Waals surface area contributed by atoms with Gasteiger partial charge in [-0.05, 0) is 64.5 Å². The Morgan fingerprint density at radius 3 is 2.22 bits per heavy atom. The molecule has 2 unspecified atom stereocenters. The first-order valence-electron chi connectivity index (χ1n) is 15.0. The highest BCUT2D eigenvalue weighted by Gasteiger charge is 2.25. The zero-order valence-corrected chi connectivity index (χ0v) is 28.0. The third kappa shape index (κ3) is 6.20. The Labute approximate surface area is 278 Å². The van der Waals surface area contributed by atoms with Crippen LogP contribution in [0.25, 0.3) is 43.6 Å². The minimum absolute atomic E-state index is 0.385. The van der Waals surface area contributed by atoms with E-state index in [1.54, 1.807) is 7.11 Å². The molecule has 8 rings (SSSR count). The molecular weight excluding hydrogens is 694 g/mol. The Morgan fingerprint density at radius 1 is 0.800 bits per heavy atom. The minimum Gasteiger partial charge on any atom is -0.497 e. The largest absolute Gasteiger partial charge is 0.497 e. The van der Waals surface area contributed by atoms with Gasteiger partial charge in [0.15, 0.2) is 0 Å². The molecule has 6 nitrogen and oxygen atoms in total. The van der Waals surface area contributed by atoms with Gasteiger partial charge in [-0.25, -0.2) is 0 Å². The van der Waals surface area contributed by atoms with Gasteiger partial charge >= 0.3 is 0 Å². The van der Waals surface area contributed by atoms with E-state index < -0.39 is 6.10 Å². The Bertz CT molecular complexity index is 2130. The van der Waals surface area contributed by atoms with E-state index in [1.165, 1.54) is 32.6 Å². The van der Waals surface area contributed by atoms with Crippen molar-refractivity contribution in [3.05, 3.63) is 118 Å². The molecule has 1 fully saturated rings. The van der Waals surface area contributed by atoms with E-state index >= 15 is 0 Å². The third-order valence-electron chi connectivity index (χ3n) is 8.27. The molecule has 45 heavy (non-hydrogen) atoms. The summed E-state index contributed by atoms with van der Waals surface area (Å²) < 4.78 is 17.4. The predicted molar refractivity (Wildman–Crippen MR) is 192 cm³/mol. The van der Waals surface area contributed by atoms with Gasteiger partial charge in [0.1, 0.15) is 5.75 Å². The summed E-state index contributed by atoms with van der Waals surface area (Å²) in [6.45, 7) is 2.80. The smallest absolute Gasteiger partial charge is 0.120 e. The molecule has 0 radical (unpaired) electrons. The Morgan fingerprint density at radius 2 is 1.47 bits per heavy atom. The molecule has 7 aromatic rings. The first-order valence-corrected chi connectivity index (χ1v) is 16.6. The van der Waals surface area contributed by atoms with Crippen molar-refractivity contribution < 1.29 is 14.6 Å². The molecule has 8 heteroatoms. The molecule has 3 heterocycles. The number of hydrogen-bond acceptors (Lipinski definition) is 4. The van der Waals surface area contributed by atoms with E-state index in [1.807, 2.05) is 42.5 Å². The average Bonchev–Trinajstić information content (AvgIpc) is 3.77. The second kappa shape index (κ2) is 12.9. The molecule has 2 aromatic heterocycles. The van der Waals surface area contributed by atoms with E-state index in [-0.39, 0.29) is 0 Å². The highest BCUT2D eigenvalue weighted by molar-refractivity contribution is 9.11. The summed E-state index contributed by atoms with van der Waals surface area (Å²) in [6, 6.07) is 37.3. The van der Waals surface area contributed by atoms with E-state index in [0.717, 1.165) is 44.6 Å². The number of rotatable bonds is 8. The van der Waals surface area contributed by atoms with E-state index in [2.05, 4.69) is 113 Å². The first kappa shape index (κ1) is 29.9. The number of aliphatic hydroxyl groups excluding tert-OH is 1. The SMILES string of the molecule is Brc1cccc2c3ccccc3n(CC3CO3)c12.COc1cccc(NCC(O)Cn2c3ccccc3c3cc(Br)ccc32)c1. The highest BCUT2D eigenvalue weighted by atomic mass is 79.9. The molecule has 0 amide bonds. The lowest BCUT2D eigenvalue weighted by Gasteiger charge is -2.16. The zero-order chi connectivity index (χ0) is 30.9. The molecular formula is C37H33Br2N3O3. The average molecular weight is 727 g/mol. The van der Waals surface area contributed by atoms with Gasteiger partial charge < -0.3 is 29.0 Å². The van der Waals surface area contributed by atoms with Crippen molar-refractivity contribution in [2.24, 2.45) is 0 Å². The maximum absolute atomic E-state index is 10.7. The number of fused-ring (bicyclic) bond motifs is 6. The lowest BCUT2D eigenvalue weighted by Crippen LogP contribution is -2.24. The van der Waals surface area contributed by atoms with E-state index in [9.17, 15) is 5.11 Å². The van der Waals surface area contributed by atoms with Crippen LogP contribution in [-0.4, -0.2) is 46.7 Å². The number of benzene rings is 5. The van der Waals surface area contributed by atoms with Gasteiger partial charge in [-0.15, -0.1) is 0 Å². The van der Waals surface area contributed by atoms with Crippen LogP contribution in [0.2, 0.25) is 0 Å². The van der Waals surface area contributed by atoms with Crippen molar-refractivity contribution in [1.29, 1.82) is 0 Å². The summed E-state index contributed by atoms with van der Waals surface area (Å²) in [7, 11) is 1.65. The fourth-order valence-electron chi connectivity index (χ4n) is 6.10. The maximum atomic E-state index is 10.7. The van der Waals surface area contributed by atoms with Crippen molar-refractivity contribution in [3.63, 3.8) is 0 Å². The molecule has 2 atom stereocenters. The van der Waals surface area contributed by atoms with Crippen molar-refractivity contribution in [1.82, 2.24) is 9.13 Å². The van der Waals surface area contributed by atoms with Gasteiger partial charge in [0.2, 0.25) is 0 Å². The fourth-order valence-corrected chi connectivity index (χ4v) is 7.04. The highest BCUT2D eigenvalue weighted by Crippen LogP contribution is 2.35. The summed E-state index contributed by atoms with van der Waals surface area (Å²) >= 11 is 7.24. The standard InChI is InChI=1S/C22H21BrN2O2.C15H12BrNO/c1-27-18-6-4-5-16(12-18)24-13-17(26)14-25-21-8-3-2-7-19(21)20-11-15(23)9-10-22(20)25;16-13-6-3-5-12-11-4-1-2-7-14(11)17(15(12)13)8-10-9-18-10/h2-12,17,24,26H,13-14H2,1H3;1-7,10H,8-9H2. The Balaban J connectivity index is 0.000000156. The van der Waals surface area contributed by atoms with Crippen molar-refractivity contribution in [2.75, 3.05) is 25.6 Å². The number of anilines is 1. The van der Waals surface area contributed by atoms with Crippen LogP contribution < -0.4 is 10.1 Å². The molecule has 5 aromatic carbocycles. The molecule has 1 aliphatic rings. The summed E-state index contributed by atoms with van der Waals surface area (Å²) in [5.74, 6) is 0.794. The van der Waals surface area contributed by atoms with Gasteiger partial charge in [0.25, 0.3) is 0 Å². The lowest BCUT2D eigenvalue weighted by atomic mass is 10.2. The quantitative estimate of drug-likeness (QED) is 0.154. The van der Waals surface area contributed by atoms with Crippen LogP contribution in [0.15, 0.2) is 118 Å². The number of nitrogens with zero attached hydrogens (tertiary/aromatic N) is 2. The number of para-hydroxylation sites is 3. The van der Waals surface area contributed by atoms with Crippen molar-refractivity contribution in [2.45, 2.75) is 25.3 Å². The lowest BCUT2D eigenvalue weighted by molar-refractivity contribution is 0.169. The Kier molecular flexibility index (Phi) is 8.55. The fraction of sp³-hybridized carbons (Fsp3) is 0.189. The number of aromatic nitrogens is 2. The van der Waals surface area contributed by atoms with Gasteiger partial charge in [-0.3, -0.25) is 0 Å². The van der Waals surface area contributed by atoms with Crippen LogP contribution in [0, 0.1) is 0 Å². The molecule has 2 N–H and O–H groups in total. The van der Waals surface area contributed by atoms with Crippen molar-refractivity contribution in [3.8, 4) is 5.75 Å². The Hall–Kier alpha value is -3.82. The number of methoxy groups -OCH3 is 1. The molecule has 0 bridgehead atoms. The normalized spacial score (nSPS) is 14.9. The number of aliphatic hydroxyl groups is 1. The third-order valence-corrected chi connectivity index (χ3v) is 9.40. The van der Waals surface area contributed by atoms with Gasteiger partial charge in [-0.1, -0.05) is 70.5 Å². The molecule has 0 aliphatic carbocycles. The first-order chi connectivity index (χ1) is 22.0. The van der Waals surface area contributed by atoms with Gasteiger partial charge in [0.05, 0.1) is 44.5 Å². The molecule has 1 saturated heterocycles. The summed E-state index contributed by atoms with van der Waals surface area (Å²) in [5, 5.41) is 18.9. The monoisotopic (exact) mass is 725 g/mol. The topological polar surface area (TPSA) is 63.9 Å². The number of halogens is 2. The summed E-state index contributed by atoms with van der Waals surface area (Å²) in [6.07, 6.45) is -0.144. The van der Waals surface area contributed by atoms with Crippen LogP contribution in [0.1, 0.15) is 0 Å². The summed E-state index contributed by atoms with van der Waals surface area (Å²) in [5.41, 5.74) is 5.74. The number of nitrogens with one attached hydrogen (secondary N) is 1. The predicted octanol–water partition coefficient (Wildman–Crippen LogP) is 8.99. The van der Waals surface area contributed by atoms with Crippen LogP contribution in [0.5, 0.6) is 5.75 Å². The van der Waals surface area contributed by atoms with Gasteiger partial charge in [-0.2, -0.15) is 0 Å². The molecule has 0 spiro atoms. The van der Waals surface area contributed by atoms with Crippen LogP contribution in [0.3, 0.4) is 0 Å². The minimum atomic E-state index is -0.529. The number of epoxide rings is 1. The van der Waals surface area contributed by atoms with E-state index in [4.69, 9.17) is 9.47 Å². The van der Waals surface area contributed by atoms with Crippen LogP contribution >= 0.6 is 31.9 Å². The number of ether oxygens (including phenoxy) is 2. The second-order valence-electron chi connectivity index (χ2n) is 11.3. The molecule has 1 aliphatic heterocycles. The second-order valence-corrected chi connectivity index (χ2v) is 13.0. The van der Waals surface area contributed by atoms with Gasteiger partial charge in [0, 0.05) is 65.3 Å². The zero-order valence-electron chi connectivity index (χ0n) is 24.8. The molecule has 0 saturated carbocycles.